The summed E-state index contributed by atoms with van der Waals surface area (Å²) in [6, 6.07) is 14.6. The number of hydrogen-bond donors (Lipinski definition) is 1. The minimum atomic E-state index is -0.555. The van der Waals surface area contributed by atoms with Crippen molar-refractivity contribution in [1.29, 1.82) is 0 Å². The molecule has 0 saturated heterocycles. The molecule has 0 atom stereocenters. The molecule has 1 heterocycles. The van der Waals surface area contributed by atoms with E-state index in [9.17, 15) is 4.79 Å². The molecule has 0 radical (unpaired) electrons. The first-order valence-corrected chi connectivity index (χ1v) is 15.7. The van der Waals surface area contributed by atoms with Gasteiger partial charge in [-0.05, 0) is 62.3 Å². The lowest BCUT2D eigenvalue weighted by molar-refractivity contribution is -0.112. The Labute approximate surface area is 253 Å². The predicted octanol–water partition coefficient (Wildman–Crippen LogP) is 8.74. The fourth-order valence-corrected chi connectivity index (χ4v) is 6.01. The van der Waals surface area contributed by atoms with Crippen LogP contribution in [0.2, 0.25) is 5.02 Å². The fraction of sp³-hybridized carbons (Fsp3) is 0.469. The molecule has 1 aromatic heterocycles. The number of unbranched alkanes of at least 4 members (excludes halogenated alkanes) is 1. The molecule has 0 aliphatic heterocycles. The molecule has 1 N–H and O–H groups in total. The van der Waals surface area contributed by atoms with Crippen LogP contribution in [0.4, 0.5) is 5.82 Å². The molecule has 9 heteroatoms. The number of carbonyl (C=O) groups is 1. The molecule has 4 rings (SSSR count). The number of nitrogens with zero attached hydrogens (tertiary/aromatic N) is 3. The van der Waals surface area contributed by atoms with E-state index in [2.05, 4.69) is 66.0 Å². The molecule has 1 aliphatic carbocycles. The van der Waals surface area contributed by atoms with Crippen LogP contribution in [0.5, 0.6) is 5.75 Å². The lowest BCUT2D eigenvalue weighted by Crippen LogP contribution is -2.33. The zero-order chi connectivity index (χ0) is 29.2. The largest absolute Gasteiger partial charge is 0.493 e. The van der Waals surface area contributed by atoms with Crippen LogP contribution < -0.4 is 9.46 Å². The summed E-state index contributed by atoms with van der Waals surface area (Å²) < 4.78 is 14.7. The molecule has 7 nitrogen and oxygen atoms in total. The Morgan fingerprint density at radius 1 is 1.20 bits per heavy atom. The van der Waals surface area contributed by atoms with E-state index in [0.717, 1.165) is 90.8 Å². The topological polar surface area (TPSA) is 80.0 Å². The van der Waals surface area contributed by atoms with Crippen molar-refractivity contribution < 1.29 is 14.1 Å². The number of benzene rings is 2. The Bertz CT molecular complexity index is 1340. The Hall–Kier alpha value is -2.97. The Morgan fingerprint density at radius 2 is 1.98 bits per heavy atom. The molecule has 2 aromatic carbocycles. The van der Waals surface area contributed by atoms with Crippen molar-refractivity contribution in [2.24, 2.45) is 4.99 Å². The zero-order valence-electron chi connectivity index (χ0n) is 24.5. The number of amidine groups is 1. The Balaban J connectivity index is 1.60. The molecule has 3 aromatic rings. The highest BCUT2D eigenvalue weighted by molar-refractivity contribution is 8.00. The maximum Gasteiger partial charge on any atom is 0.198 e. The fourth-order valence-electron chi connectivity index (χ4n) is 5.06. The van der Waals surface area contributed by atoms with Gasteiger partial charge in [-0.25, -0.2) is 0 Å². The SMILES string of the molecule is CCCC/C(=N/C1(C=O)CCCC1)N(C)Cc1ccc(-c2ccccc2SNc2noc(C)c2Cl)c(OCCC)c1. The first kappa shape index (κ1) is 31.0. The number of aromatic nitrogens is 1. The minimum absolute atomic E-state index is 0.476. The second-order valence-electron chi connectivity index (χ2n) is 10.7. The molecule has 1 saturated carbocycles. The van der Waals surface area contributed by atoms with Crippen molar-refractivity contribution in [1.82, 2.24) is 10.1 Å². The molecule has 0 bridgehead atoms. The van der Waals surface area contributed by atoms with E-state index in [4.69, 9.17) is 25.9 Å². The molecule has 1 fully saturated rings. The standard InChI is InChI=1S/C32H41ClN4O3S/c1-5-7-14-29(34-32(22-38)17-10-11-18-32)37(4)21-24-15-16-25(27(20-24)39-19-6-2)26-12-8-9-13-28(26)41-36-31-30(33)23(3)40-35-31/h8-9,12-13,15-16,20,22H,5-7,10-11,14,17-19,21H2,1-4H3,(H,35,36)/b34-29-. The molecular formula is C32H41ClN4O3S. The minimum Gasteiger partial charge on any atom is -0.493 e. The van der Waals surface area contributed by atoms with Crippen molar-refractivity contribution in [2.75, 3.05) is 18.4 Å². The van der Waals surface area contributed by atoms with E-state index in [1.807, 2.05) is 12.1 Å². The number of carbonyl (C=O) groups excluding carboxylic acids is 1. The number of hydrogen-bond acceptors (Lipinski definition) is 7. The van der Waals surface area contributed by atoms with Crippen molar-refractivity contribution in [3.05, 3.63) is 58.8 Å². The summed E-state index contributed by atoms with van der Waals surface area (Å²) in [6.07, 6.45) is 8.80. The normalized spacial score (nSPS) is 14.7. The summed E-state index contributed by atoms with van der Waals surface area (Å²) >= 11 is 7.74. The van der Waals surface area contributed by atoms with Crippen molar-refractivity contribution >= 4 is 41.5 Å². The van der Waals surface area contributed by atoms with E-state index >= 15 is 0 Å². The molecule has 0 spiro atoms. The van der Waals surface area contributed by atoms with Gasteiger partial charge in [-0.15, -0.1) is 0 Å². The first-order chi connectivity index (χ1) is 19.9. The van der Waals surface area contributed by atoms with Crippen LogP contribution in [-0.2, 0) is 11.3 Å². The van der Waals surface area contributed by atoms with Crippen LogP contribution in [0.3, 0.4) is 0 Å². The van der Waals surface area contributed by atoms with E-state index in [-0.39, 0.29) is 0 Å². The molecule has 220 valence electrons. The van der Waals surface area contributed by atoms with Gasteiger partial charge in [-0.3, -0.25) is 4.99 Å². The summed E-state index contributed by atoms with van der Waals surface area (Å²) in [6.45, 7) is 7.38. The van der Waals surface area contributed by atoms with Gasteiger partial charge in [0, 0.05) is 36.0 Å². The van der Waals surface area contributed by atoms with E-state index in [1.54, 1.807) is 6.92 Å². The van der Waals surface area contributed by atoms with Gasteiger partial charge >= 0.3 is 0 Å². The second-order valence-corrected chi connectivity index (χ2v) is 11.9. The third kappa shape index (κ3) is 7.86. The van der Waals surface area contributed by atoms with Crippen molar-refractivity contribution in [2.45, 2.75) is 89.1 Å². The van der Waals surface area contributed by atoms with Gasteiger partial charge in [0.1, 0.15) is 28.4 Å². The number of halogens is 1. The smallest absolute Gasteiger partial charge is 0.198 e. The molecular weight excluding hydrogens is 556 g/mol. The highest BCUT2D eigenvalue weighted by Gasteiger charge is 2.34. The lowest BCUT2D eigenvalue weighted by atomic mass is 10.0. The Kier molecular flexibility index (Phi) is 11.2. The summed E-state index contributed by atoms with van der Waals surface area (Å²) in [5.74, 6) is 2.93. The van der Waals surface area contributed by atoms with E-state index in [0.29, 0.717) is 29.8 Å². The number of aldehydes is 1. The lowest BCUT2D eigenvalue weighted by Gasteiger charge is -2.26. The van der Waals surface area contributed by atoms with Crippen LogP contribution in [-0.4, -0.2) is 41.4 Å². The average molecular weight is 597 g/mol. The van der Waals surface area contributed by atoms with Crippen LogP contribution in [0, 0.1) is 6.92 Å². The molecule has 1 aliphatic rings. The highest BCUT2D eigenvalue weighted by atomic mass is 35.5. The van der Waals surface area contributed by atoms with Gasteiger partial charge in [0.05, 0.1) is 6.61 Å². The van der Waals surface area contributed by atoms with E-state index < -0.39 is 5.54 Å². The summed E-state index contributed by atoms with van der Waals surface area (Å²) in [5, 5.41) is 4.48. The molecule has 41 heavy (non-hydrogen) atoms. The summed E-state index contributed by atoms with van der Waals surface area (Å²) in [5.41, 5.74) is 2.64. The molecule has 0 amide bonds. The van der Waals surface area contributed by atoms with Crippen LogP contribution in [0.25, 0.3) is 11.1 Å². The van der Waals surface area contributed by atoms with E-state index in [1.165, 1.54) is 11.9 Å². The third-order valence-electron chi connectivity index (χ3n) is 7.39. The third-order valence-corrected chi connectivity index (χ3v) is 8.70. The van der Waals surface area contributed by atoms with Gasteiger partial charge in [0.15, 0.2) is 11.6 Å². The quantitative estimate of drug-likeness (QED) is 0.0862. The second kappa shape index (κ2) is 14.8. The number of aliphatic imine (C=N–C) groups is 1. The van der Waals surface area contributed by atoms with Crippen molar-refractivity contribution in [3.8, 4) is 16.9 Å². The number of anilines is 1. The summed E-state index contributed by atoms with van der Waals surface area (Å²) in [4.78, 5) is 20.3. The monoisotopic (exact) mass is 596 g/mol. The number of nitrogens with one attached hydrogen (secondary N) is 1. The first-order valence-electron chi connectivity index (χ1n) is 14.6. The van der Waals surface area contributed by atoms with Gasteiger partial charge in [0.25, 0.3) is 0 Å². The summed E-state index contributed by atoms with van der Waals surface area (Å²) in [7, 11) is 2.08. The van der Waals surface area contributed by atoms with Gasteiger partial charge in [0.2, 0.25) is 0 Å². The maximum atomic E-state index is 12.0. The molecule has 0 unspecified atom stereocenters. The highest BCUT2D eigenvalue weighted by Crippen LogP contribution is 2.39. The maximum absolute atomic E-state index is 12.0. The van der Waals surface area contributed by atoms with Gasteiger partial charge in [-0.2, -0.15) is 0 Å². The van der Waals surface area contributed by atoms with Crippen LogP contribution in [0.1, 0.15) is 76.5 Å². The van der Waals surface area contributed by atoms with Crippen molar-refractivity contribution in [3.63, 3.8) is 0 Å². The van der Waals surface area contributed by atoms with Crippen LogP contribution in [0.15, 0.2) is 56.9 Å². The van der Waals surface area contributed by atoms with Gasteiger partial charge in [-0.1, -0.05) is 80.2 Å². The zero-order valence-corrected chi connectivity index (χ0v) is 26.1. The number of aryl methyl sites for hydroxylation is 1. The Morgan fingerprint density at radius 3 is 2.66 bits per heavy atom. The van der Waals surface area contributed by atoms with Crippen LogP contribution >= 0.6 is 23.5 Å². The number of ether oxygens (including phenoxy) is 1. The van der Waals surface area contributed by atoms with Gasteiger partial charge < -0.3 is 23.7 Å². The predicted molar refractivity (Wildman–Crippen MR) is 169 cm³/mol. The number of rotatable bonds is 14. The average Bonchev–Trinajstić information content (AvgIpc) is 3.59.